The van der Waals surface area contributed by atoms with Crippen molar-refractivity contribution in [2.75, 3.05) is 12.3 Å². The Labute approximate surface area is 159 Å². The molecule has 140 valence electrons. The van der Waals surface area contributed by atoms with E-state index in [1.807, 2.05) is 6.92 Å². The molecule has 1 fully saturated rings. The third-order valence-electron chi connectivity index (χ3n) is 5.16. The van der Waals surface area contributed by atoms with Gasteiger partial charge >= 0.3 is 0 Å². The standard InChI is InChI=1S/C21H24N4O2/c1-12-17(13-4-6-14(7-5-13)20(24)26)16(11-22)19(23)25-18(12)15-8-9-27-21(2,3)10-15/h4-7,15H,8-10H2,1-3H3,(H2,23,25)(H2,24,26). The Balaban J connectivity index is 2.14. The molecule has 4 N–H and O–H groups in total. The van der Waals surface area contributed by atoms with Crippen molar-refractivity contribution >= 4 is 11.7 Å². The molecule has 27 heavy (non-hydrogen) atoms. The molecule has 1 unspecified atom stereocenters. The highest BCUT2D eigenvalue weighted by molar-refractivity contribution is 5.93. The monoisotopic (exact) mass is 364 g/mol. The normalized spacial score (nSPS) is 18.7. The third-order valence-corrected chi connectivity index (χ3v) is 5.16. The van der Waals surface area contributed by atoms with Gasteiger partial charge in [-0.15, -0.1) is 0 Å². The van der Waals surface area contributed by atoms with E-state index in [1.54, 1.807) is 24.3 Å². The van der Waals surface area contributed by atoms with Crippen LogP contribution in [0.25, 0.3) is 11.1 Å². The van der Waals surface area contributed by atoms with Gasteiger partial charge in [-0.25, -0.2) is 4.98 Å². The third kappa shape index (κ3) is 3.64. The van der Waals surface area contributed by atoms with Gasteiger partial charge < -0.3 is 16.2 Å². The van der Waals surface area contributed by atoms with Crippen molar-refractivity contribution in [3.8, 4) is 17.2 Å². The van der Waals surface area contributed by atoms with E-state index in [1.165, 1.54) is 0 Å². The minimum absolute atomic E-state index is 0.215. The molecular formula is C21H24N4O2. The number of anilines is 1. The van der Waals surface area contributed by atoms with Crippen LogP contribution < -0.4 is 11.5 Å². The topological polar surface area (TPSA) is 115 Å². The molecule has 3 rings (SSSR count). The van der Waals surface area contributed by atoms with E-state index in [0.717, 1.165) is 35.2 Å². The number of primary amides is 1. The number of pyridine rings is 1. The van der Waals surface area contributed by atoms with Crippen LogP contribution in [-0.4, -0.2) is 23.1 Å². The molecule has 2 aromatic rings. The van der Waals surface area contributed by atoms with E-state index in [-0.39, 0.29) is 17.3 Å². The number of hydrogen-bond acceptors (Lipinski definition) is 5. The summed E-state index contributed by atoms with van der Waals surface area (Å²) in [6, 6.07) is 9.08. The maximum atomic E-state index is 11.3. The first kappa shape index (κ1) is 18.9. The highest BCUT2D eigenvalue weighted by Crippen LogP contribution is 2.40. The number of nitrogens with zero attached hydrogens (tertiary/aromatic N) is 2. The van der Waals surface area contributed by atoms with Gasteiger partial charge in [0.25, 0.3) is 0 Å². The van der Waals surface area contributed by atoms with E-state index >= 15 is 0 Å². The molecule has 1 aromatic heterocycles. The fraction of sp³-hybridized carbons (Fsp3) is 0.381. The fourth-order valence-electron chi connectivity index (χ4n) is 3.85. The SMILES string of the molecule is Cc1c(C2CCOC(C)(C)C2)nc(N)c(C#N)c1-c1ccc(C(N)=O)cc1. The molecular weight excluding hydrogens is 340 g/mol. The van der Waals surface area contributed by atoms with Crippen LogP contribution in [0.15, 0.2) is 24.3 Å². The lowest BCUT2D eigenvalue weighted by Crippen LogP contribution is -2.33. The van der Waals surface area contributed by atoms with Crippen LogP contribution in [0.4, 0.5) is 5.82 Å². The van der Waals surface area contributed by atoms with E-state index in [4.69, 9.17) is 16.2 Å². The smallest absolute Gasteiger partial charge is 0.248 e. The fourth-order valence-corrected chi connectivity index (χ4v) is 3.85. The lowest BCUT2D eigenvalue weighted by atomic mass is 9.82. The molecule has 2 heterocycles. The molecule has 1 amide bonds. The summed E-state index contributed by atoms with van der Waals surface area (Å²) in [5.74, 6) is -0.0399. The summed E-state index contributed by atoms with van der Waals surface area (Å²) in [7, 11) is 0. The summed E-state index contributed by atoms with van der Waals surface area (Å²) in [4.78, 5) is 15.9. The summed E-state index contributed by atoms with van der Waals surface area (Å²) in [5, 5.41) is 9.65. The van der Waals surface area contributed by atoms with Gasteiger partial charge in [0.15, 0.2) is 0 Å². The van der Waals surface area contributed by atoms with Crippen LogP contribution >= 0.6 is 0 Å². The predicted molar refractivity (Wildman–Crippen MR) is 104 cm³/mol. The van der Waals surface area contributed by atoms with Crippen molar-refractivity contribution in [3.05, 3.63) is 46.6 Å². The summed E-state index contributed by atoms with van der Waals surface area (Å²) >= 11 is 0. The molecule has 1 aromatic carbocycles. The number of carbonyl (C=O) groups excluding carboxylic acids is 1. The Bertz CT molecular complexity index is 927. The highest BCUT2D eigenvalue weighted by atomic mass is 16.5. The second-order valence-electron chi connectivity index (χ2n) is 7.61. The van der Waals surface area contributed by atoms with Crippen LogP contribution in [0.1, 0.15) is 59.8 Å². The Morgan fingerprint density at radius 3 is 2.56 bits per heavy atom. The minimum atomic E-state index is -0.488. The second kappa shape index (κ2) is 7.01. The Morgan fingerprint density at radius 2 is 2.00 bits per heavy atom. The van der Waals surface area contributed by atoms with Crippen molar-refractivity contribution in [1.29, 1.82) is 5.26 Å². The van der Waals surface area contributed by atoms with Gasteiger partial charge in [-0.3, -0.25) is 4.79 Å². The summed E-state index contributed by atoms with van der Waals surface area (Å²) in [6.45, 7) is 6.79. The van der Waals surface area contributed by atoms with Crippen molar-refractivity contribution in [2.24, 2.45) is 5.73 Å². The molecule has 0 spiro atoms. The lowest BCUT2D eigenvalue weighted by molar-refractivity contribution is -0.0598. The van der Waals surface area contributed by atoms with Gasteiger partial charge in [-0.1, -0.05) is 12.1 Å². The van der Waals surface area contributed by atoms with Gasteiger partial charge in [-0.2, -0.15) is 5.26 Å². The van der Waals surface area contributed by atoms with Crippen LogP contribution in [-0.2, 0) is 4.74 Å². The Kier molecular flexibility index (Phi) is 4.90. The van der Waals surface area contributed by atoms with Crippen molar-refractivity contribution in [3.63, 3.8) is 0 Å². The first-order valence-electron chi connectivity index (χ1n) is 8.98. The van der Waals surface area contributed by atoms with Gasteiger partial charge in [0, 0.05) is 29.3 Å². The van der Waals surface area contributed by atoms with Gasteiger partial charge in [0.1, 0.15) is 17.5 Å². The first-order chi connectivity index (χ1) is 12.7. The van der Waals surface area contributed by atoms with Crippen molar-refractivity contribution < 1.29 is 9.53 Å². The van der Waals surface area contributed by atoms with Crippen LogP contribution in [0.5, 0.6) is 0 Å². The maximum Gasteiger partial charge on any atom is 0.248 e. The van der Waals surface area contributed by atoms with E-state index in [0.29, 0.717) is 17.7 Å². The molecule has 1 aliphatic rings. The minimum Gasteiger partial charge on any atom is -0.383 e. The quantitative estimate of drug-likeness (QED) is 0.867. The van der Waals surface area contributed by atoms with Gasteiger partial charge in [0.05, 0.1) is 5.60 Å². The average molecular weight is 364 g/mol. The summed E-state index contributed by atoms with van der Waals surface area (Å²) in [5.41, 5.74) is 15.5. The number of aromatic nitrogens is 1. The number of nitrogen functional groups attached to an aromatic ring is 1. The molecule has 0 saturated carbocycles. The largest absolute Gasteiger partial charge is 0.383 e. The molecule has 6 heteroatoms. The summed E-state index contributed by atoms with van der Waals surface area (Å²) in [6.07, 6.45) is 1.70. The molecule has 1 atom stereocenters. The van der Waals surface area contributed by atoms with Crippen LogP contribution in [0.3, 0.4) is 0 Å². The zero-order valence-corrected chi connectivity index (χ0v) is 15.9. The molecule has 1 saturated heterocycles. The van der Waals surface area contributed by atoms with Crippen LogP contribution in [0.2, 0.25) is 0 Å². The number of carbonyl (C=O) groups is 1. The van der Waals surface area contributed by atoms with Gasteiger partial charge in [-0.05, 0) is 56.9 Å². The second-order valence-corrected chi connectivity index (χ2v) is 7.61. The average Bonchev–Trinajstić information content (AvgIpc) is 2.62. The Morgan fingerprint density at radius 1 is 1.33 bits per heavy atom. The van der Waals surface area contributed by atoms with Crippen molar-refractivity contribution in [2.45, 2.75) is 45.1 Å². The number of rotatable bonds is 3. The molecule has 1 aliphatic heterocycles. The van der Waals surface area contributed by atoms with Crippen molar-refractivity contribution in [1.82, 2.24) is 4.98 Å². The van der Waals surface area contributed by atoms with E-state index in [2.05, 4.69) is 24.9 Å². The molecule has 6 nitrogen and oxygen atoms in total. The lowest BCUT2D eigenvalue weighted by Gasteiger charge is -2.36. The summed E-state index contributed by atoms with van der Waals surface area (Å²) < 4.78 is 5.83. The zero-order chi connectivity index (χ0) is 19.8. The molecule has 0 aliphatic carbocycles. The number of hydrogen-bond donors (Lipinski definition) is 2. The van der Waals surface area contributed by atoms with Gasteiger partial charge in [0.2, 0.25) is 5.91 Å². The maximum absolute atomic E-state index is 11.3. The predicted octanol–water partition coefficient (Wildman–Crippen LogP) is 3.28. The van der Waals surface area contributed by atoms with E-state index in [9.17, 15) is 10.1 Å². The number of nitrogens with two attached hydrogens (primary N) is 2. The molecule has 0 bridgehead atoms. The zero-order valence-electron chi connectivity index (χ0n) is 15.9. The molecule has 0 radical (unpaired) electrons. The van der Waals surface area contributed by atoms with Crippen LogP contribution in [0, 0.1) is 18.3 Å². The first-order valence-corrected chi connectivity index (χ1v) is 8.98. The number of ether oxygens (including phenoxy) is 1. The van der Waals surface area contributed by atoms with E-state index < -0.39 is 5.91 Å². The highest BCUT2D eigenvalue weighted by Gasteiger charge is 2.32. The number of benzene rings is 1. The Hall–Kier alpha value is -2.91. The number of amides is 1. The number of nitriles is 1.